The summed E-state index contributed by atoms with van der Waals surface area (Å²) in [7, 11) is 0. The highest BCUT2D eigenvalue weighted by molar-refractivity contribution is 6.30. The molecule has 1 aliphatic heterocycles. The molecular weight excluding hydrogens is 450 g/mol. The zero-order valence-corrected chi connectivity index (χ0v) is 20.1. The van der Waals surface area contributed by atoms with Gasteiger partial charge >= 0.3 is 0 Å². The summed E-state index contributed by atoms with van der Waals surface area (Å²) >= 11 is 6.12. The van der Waals surface area contributed by atoms with Crippen LogP contribution in [-0.2, 0) is 16.1 Å². The molecule has 0 aliphatic carbocycles. The Morgan fingerprint density at radius 2 is 1.82 bits per heavy atom. The molecule has 3 aromatic rings. The first-order chi connectivity index (χ1) is 16.4. The van der Waals surface area contributed by atoms with Crippen LogP contribution in [0.5, 0.6) is 0 Å². The van der Waals surface area contributed by atoms with E-state index in [1.165, 1.54) is 0 Å². The standard InChI is InChI=1S/C27H28ClN3O3/c1-3-29-26(33)18(2)31(17-19-8-4-11-21(28)16-19)24(32)14-7-15-30-23-13-6-10-20-9-5-12-22(25(20)23)27(30)34/h4-6,8-13,16,18H,3,7,14-15,17H2,1-2H3,(H,29,33)/t18-/m1/s1. The van der Waals surface area contributed by atoms with Crippen molar-refractivity contribution in [1.82, 2.24) is 10.2 Å². The summed E-state index contributed by atoms with van der Waals surface area (Å²) in [5, 5.41) is 5.37. The van der Waals surface area contributed by atoms with E-state index in [0.717, 1.165) is 22.0 Å². The van der Waals surface area contributed by atoms with Gasteiger partial charge in [0, 0.05) is 42.0 Å². The Bertz CT molecular complexity index is 1240. The topological polar surface area (TPSA) is 69.7 Å². The number of rotatable bonds is 9. The molecule has 0 spiro atoms. The van der Waals surface area contributed by atoms with Gasteiger partial charge in [0.05, 0.1) is 5.69 Å². The van der Waals surface area contributed by atoms with Crippen LogP contribution < -0.4 is 10.2 Å². The minimum atomic E-state index is -0.627. The lowest BCUT2D eigenvalue weighted by molar-refractivity contribution is -0.140. The van der Waals surface area contributed by atoms with E-state index in [9.17, 15) is 14.4 Å². The highest BCUT2D eigenvalue weighted by Gasteiger charge is 2.30. The van der Waals surface area contributed by atoms with Gasteiger partial charge < -0.3 is 15.1 Å². The van der Waals surface area contributed by atoms with Gasteiger partial charge in [-0.1, -0.05) is 48.0 Å². The number of hydrogen-bond donors (Lipinski definition) is 1. The van der Waals surface area contributed by atoms with Crippen LogP contribution in [0.15, 0.2) is 60.7 Å². The van der Waals surface area contributed by atoms with Crippen LogP contribution in [0.25, 0.3) is 10.8 Å². The highest BCUT2D eigenvalue weighted by atomic mass is 35.5. The zero-order valence-electron chi connectivity index (χ0n) is 19.4. The molecule has 176 valence electrons. The van der Waals surface area contributed by atoms with Gasteiger partial charge in [0.2, 0.25) is 11.8 Å². The van der Waals surface area contributed by atoms with Crippen molar-refractivity contribution in [2.24, 2.45) is 0 Å². The summed E-state index contributed by atoms with van der Waals surface area (Å²) in [5.74, 6) is -0.374. The third kappa shape index (κ3) is 4.77. The number of nitrogens with one attached hydrogen (secondary N) is 1. The van der Waals surface area contributed by atoms with Crippen LogP contribution >= 0.6 is 11.6 Å². The van der Waals surface area contributed by atoms with Crippen molar-refractivity contribution in [3.05, 3.63) is 76.8 Å². The number of amides is 3. The third-order valence-electron chi connectivity index (χ3n) is 6.18. The molecule has 1 aliphatic rings. The number of anilines is 1. The molecule has 0 radical (unpaired) electrons. The minimum Gasteiger partial charge on any atom is -0.355 e. The van der Waals surface area contributed by atoms with Crippen molar-refractivity contribution >= 4 is 45.8 Å². The van der Waals surface area contributed by atoms with E-state index in [1.807, 2.05) is 55.5 Å². The highest BCUT2D eigenvalue weighted by Crippen LogP contribution is 2.37. The van der Waals surface area contributed by atoms with Crippen LogP contribution in [0.4, 0.5) is 5.69 Å². The van der Waals surface area contributed by atoms with Crippen molar-refractivity contribution in [1.29, 1.82) is 0 Å². The predicted octanol–water partition coefficient (Wildman–Crippen LogP) is 4.79. The molecule has 3 aromatic carbocycles. The third-order valence-corrected chi connectivity index (χ3v) is 6.42. The number of hydrogen-bond acceptors (Lipinski definition) is 3. The van der Waals surface area contributed by atoms with E-state index >= 15 is 0 Å². The van der Waals surface area contributed by atoms with E-state index in [-0.39, 0.29) is 30.7 Å². The molecule has 1 heterocycles. The predicted molar refractivity (Wildman–Crippen MR) is 135 cm³/mol. The first-order valence-electron chi connectivity index (χ1n) is 11.6. The average Bonchev–Trinajstić information content (AvgIpc) is 3.10. The van der Waals surface area contributed by atoms with E-state index in [2.05, 4.69) is 5.32 Å². The Morgan fingerprint density at radius 1 is 1.09 bits per heavy atom. The second-order valence-electron chi connectivity index (χ2n) is 8.46. The first kappa shape index (κ1) is 23.8. The van der Waals surface area contributed by atoms with E-state index < -0.39 is 6.04 Å². The number of likely N-dealkylation sites (N-methyl/N-ethyl adjacent to an activating group) is 1. The van der Waals surface area contributed by atoms with Crippen molar-refractivity contribution in [2.45, 2.75) is 39.3 Å². The Morgan fingerprint density at radius 3 is 2.56 bits per heavy atom. The Hall–Kier alpha value is -3.38. The lowest BCUT2D eigenvalue weighted by Crippen LogP contribution is -2.47. The van der Waals surface area contributed by atoms with Crippen molar-refractivity contribution < 1.29 is 14.4 Å². The smallest absolute Gasteiger partial charge is 0.258 e. The molecule has 0 fully saturated rings. The van der Waals surface area contributed by atoms with E-state index in [4.69, 9.17) is 11.6 Å². The zero-order chi connectivity index (χ0) is 24.2. The van der Waals surface area contributed by atoms with Crippen molar-refractivity contribution in [3.63, 3.8) is 0 Å². The average molecular weight is 478 g/mol. The molecule has 0 saturated carbocycles. The minimum absolute atomic E-state index is 0.0364. The summed E-state index contributed by atoms with van der Waals surface area (Å²) < 4.78 is 0. The fraction of sp³-hybridized carbons (Fsp3) is 0.296. The molecule has 0 saturated heterocycles. The summed E-state index contributed by atoms with van der Waals surface area (Å²) in [4.78, 5) is 42.1. The van der Waals surface area contributed by atoms with Gasteiger partial charge in [-0.2, -0.15) is 0 Å². The Kier molecular flexibility index (Phi) is 7.17. The quantitative estimate of drug-likeness (QED) is 0.482. The molecule has 1 N–H and O–H groups in total. The van der Waals surface area contributed by atoms with Crippen LogP contribution in [0.2, 0.25) is 5.02 Å². The lowest BCUT2D eigenvalue weighted by atomic mass is 10.1. The van der Waals surface area contributed by atoms with Gasteiger partial charge in [0.15, 0.2) is 0 Å². The molecule has 3 amide bonds. The molecule has 1 atom stereocenters. The van der Waals surface area contributed by atoms with Gasteiger partial charge in [0.25, 0.3) is 5.91 Å². The molecule has 0 bridgehead atoms. The number of carbonyl (C=O) groups is 3. The monoisotopic (exact) mass is 477 g/mol. The van der Waals surface area contributed by atoms with E-state index in [0.29, 0.717) is 30.1 Å². The maximum atomic E-state index is 13.3. The fourth-order valence-corrected chi connectivity index (χ4v) is 4.68. The fourth-order valence-electron chi connectivity index (χ4n) is 4.47. The maximum Gasteiger partial charge on any atom is 0.258 e. The van der Waals surface area contributed by atoms with Gasteiger partial charge in [-0.25, -0.2) is 0 Å². The number of halogens is 1. The summed E-state index contributed by atoms with van der Waals surface area (Å²) in [5.41, 5.74) is 2.44. The van der Waals surface area contributed by atoms with Crippen LogP contribution in [0.3, 0.4) is 0 Å². The molecule has 34 heavy (non-hydrogen) atoms. The van der Waals surface area contributed by atoms with Crippen molar-refractivity contribution in [2.75, 3.05) is 18.0 Å². The summed E-state index contributed by atoms with van der Waals surface area (Å²) in [6.07, 6.45) is 0.712. The Balaban J connectivity index is 1.46. The molecular formula is C27H28ClN3O3. The van der Waals surface area contributed by atoms with Crippen molar-refractivity contribution in [3.8, 4) is 0 Å². The lowest BCUT2D eigenvalue weighted by Gasteiger charge is -2.29. The number of benzene rings is 3. The SMILES string of the molecule is CCNC(=O)[C@@H](C)N(Cc1cccc(Cl)c1)C(=O)CCCN1C(=O)c2cccc3cccc1c23. The normalized spacial score (nSPS) is 13.3. The molecule has 6 nitrogen and oxygen atoms in total. The summed E-state index contributed by atoms with van der Waals surface area (Å²) in [6, 6.07) is 18.3. The van der Waals surface area contributed by atoms with Crippen LogP contribution in [-0.4, -0.2) is 41.8 Å². The maximum absolute atomic E-state index is 13.3. The van der Waals surface area contributed by atoms with Gasteiger partial charge in [-0.05, 0) is 55.5 Å². The van der Waals surface area contributed by atoms with Gasteiger partial charge in [0.1, 0.15) is 6.04 Å². The summed E-state index contributed by atoms with van der Waals surface area (Å²) in [6.45, 7) is 4.78. The second-order valence-corrected chi connectivity index (χ2v) is 8.90. The van der Waals surface area contributed by atoms with E-state index in [1.54, 1.807) is 28.9 Å². The van der Waals surface area contributed by atoms with Crippen LogP contribution in [0, 0.1) is 0 Å². The van der Waals surface area contributed by atoms with Crippen LogP contribution in [0.1, 0.15) is 42.6 Å². The Labute approximate surface area is 204 Å². The largest absolute Gasteiger partial charge is 0.355 e. The number of carbonyl (C=O) groups excluding carboxylic acids is 3. The van der Waals surface area contributed by atoms with Gasteiger partial charge in [-0.15, -0.1) is 0 Å². The molecule has 7 heteroatoms. The number of nitrogens with zero attached hydrogens (tertiary/aromatic N) is 2. The molecule has 0 unspecified atom stereocenters. The second kappa shape index (κ2) is 10.3. The molecule has 0 aromatic heterocycles. The van der Waals surface area contributed by atoms with Gasteiger partial charge in [-0.3, -0.25) is 14.4 Å². The molecule has 4 rings (SSSR count). The first-order valence-corrected chi connectivity index (χ1v) is 11.9.